The number of alkyl halides is 3. The van der Waals surface area contributed by atoms with Crippen molar-refractivity contribution in [2.75, 3.05) is 6.61 Å². The van der Waals surface area contributed by atoms with Crippen LogP contribution in [-0.4, -0.2) is 24.4 Å². The van der Waals surface area contributed by atoms with Crippen LogP contribution < -0.4 is 4.74 Å². The zero-order valence-corrected chi connectivity index (χ0v) is 10.3. The van der Waals surface area contributed by atoms with Gasteiger partial charge in [-0.25, -0.2) is 0 Å². The van der Waals surface area contributed by atoms with E-state index in [1.807, 2.05) is 0 Å². The molecule has 0 bridgehead atoms. The summed E-state index contributed by atoms with van der Waals surface area (Å²) in [6.07, 6.45) is -3.44. The highest BCUT2D eigenvalue weighted by Crippen LogP contribution is 2.30. The maximum absolute atomic E-state index is 12.2. The van der Waals surface area contributed by atoms with Crippen molar-refractivity contribution in [3.63, 3.8) is 0 Å². The Bertz CT molecular complexity index is 476. The van der Waals surface area contributed by atoms with Crippen molar-refractivity contribution in [2.24, 2.45) is 0 Å². The Hall–Kier alpha value is -1.56. The standard InChI is InChI=1S/C13H13F3O3/c1-12(6-3-7-18-12)11(17)9-4-2-5-10(8-9)19-13(14,15)16/h2,4-5,8H,3,6-7H2,1H3. The molecule has 1 aromatic rings. The van der Waals surface area contributed by atoms with Gasteiger partial charge in [-0.2, -0.15) is 0 Å². The molecule has 0 aliphatic carbocycles. The summed E-state index contributed by atoms with van der Waals surface area (Å²) in [7, 11) is 0. The van der Waals surface area contributed by atoms with Gasteiger partial charge in [-0.05, 0) is 31.9 Å². The van der Waals surface area contributed by atoms with E-state index < -0.39 is 17.7 Å². The van der Waals surface area contributed by atoms with Gasteiger partial charge in [0.25, 0.3) is 0 Å². The van der Waals surface area contributed by atoms with E-state index in [0.717, 1.165) is 18.6 Å². The molecular formula is C13H13F3O3. The van der Waals surface area contributed by atoms with Gasteiger partial charge in [0.1, 0.15) is 11.4 Å². The molecule has 3 nitrogen and oxygen atoms in total. The van der Waals surface area contributed by atoms with Crippen molar-refractivity contribution < 1.29 is 27.4 Å². The van der Waals surface area contributed by atoms with Crippen LogP contribution in [0.15, 0.2) is 24.3 Å². The number of hydrogen-bond donors (Lipinski definition) is 0. The molecule has 19 heavy (non-hydrogen) atoms. The molecule has 1 aromatic carbocycles. The van der Waals surface area contributed by atoms with Crippen LogP contribution in [0, 0.1) is 0 Å². The lowest BCUT2D eigenvalue weighted by atomic mass is 9.92. The predicted octanol–water partition coefficient (Wildman–Crippen LogP) is 3.34. The van der Waals surface area contributed by atoms with Crippen LogP contribution in [0.1, 0.15) is 30.1 Å². The molecule has 2 rings (SSSR count). The van der Waals surface area contributed by atoms with Crippen LogP contribution in [0.5, 0.6) is 5.75 Å². The van der Waals surface area contributed by atoms with Crippen LogP contribution >= 0.6 is 0 Å². The molecule has 0 amide bonds. The molecule has 1 unspecified atom stereocenters. The minimum Gasteiger partial charge on any atom is -0.406 e. The summed E-state index contributed by atoms with van der Waals surface area (Å²) < 4.78 is 45.5. The van der Waals surface area contributed by atoms with Gasteiger partial charge in [0.15, 0.2) is 5.78 Å². The fourth-order valence-corrected chi connectivity index (χ4v) is 2.10. The second kappa shape index (κ2) is 4.85. The SMILES string of the molecule is CC1(C(=O)c2cccc(OC(F)(F)F)c2)CCCO1. The number of ketones is 1. The summed E-state index contributed by atoms with van der Waals surface area (Å²) in [6, 6.07) is 5.05. The van der Waals surface area contributed by atoms with Gasteiger partial charge in [0.2, 0.25) is 0 Å². The number of rotatable bonds is 3. The predicted molar refractivity (Wildman–Crippen MR) is 61.0 cm³/mol. The zero-order chi connectivity index (χ0) is 14.1. The highest BCUT2D eigenvalue weighted by Gasteiger charge is 2.38. The van der Waals surface area contributed by atoms with E-state index >= 15 is 0 Å². The third-order valence-electron chi connectivity index (χ3n) is 3.03. The minimum absolute atomic E-state index is 0.158. The first-order valence-corrected chi connectivity index (χ1v) is 5.85. The molecule has 104 valence electrons. The smallest absolute Gasteiger partial charge is 0.406 e. The average molecular weight is 274 g/mol. The summed E-state index contributed by atoms with van der Waals surface area (Å²) >= 11 is 0. The molecule has 1 fully saturated rings. The number of Topliss-reactive ketones (excluding diaryl/α,β-unsaturated/α-hetero) is 1. The fourth-order valence-electron chi connectivity index (χ4n) is 2.10. The Kier molecular flexibility index (Phi) is 3.54. The molecule has 6 heteroatoms. The first kappa shape index (κ1) is 13.9. The summed E-state index contributed by atoms with van der Waals surface area (Å²) in [6.45, 7) is 2.14. The molecule has 1 aliphatic heterocycles. The summed E-state index contributed by atoms with van der Waals surface area (Å²) in [5.41, 5.74) is -0.789. The normalized spacial score (nSPS) is 23.4. The Balaban J connectivity index is 2.21. The van der Waals surface area contributed by atoms with Gasteiger partial charge in [0.05, 0.1) is 0 Å². The average Bonchev–Trinajstić information content (AvgIpc) is 2.74. The lowest BCUT2D eigenvalue weighted by Gasteiger charge is -2.21. The number of hydrogen-bond acceptors (Lipinski definition) is 3. The molecule has 0 spiro atoms. The maximum Gasteiger partial charge on any atom is 0.573 e. The maximum atomic E-state index is 12.2. The van der Waals surface area contributed by atoms with E-state index in [-0.39, 0.29) is 11.3 Å². The summed E-state index contributed by atoms with van der Waals surface area (Å²) in [5, 5.41) is 0. The zero-order valence-electron chi connectivity index (χ0n) is 10.3. The monoisotopic (exact) mass is 274 g/mol. The van der Waals surface area contributed by atoms with Gasteiger partial charge in [-0.3, -0.25) is 4.79 Å². The molecule has 1 atom stereocenters. The number of carbonyl (C=O) groups is 1. The largest absolute Gasteiger partial charge is 0.573 e. The lowest BCUT2D eigenvalue weighted by molar-refractivity contribution is -0.274. The van der Waals surface area contributed by atoms with Gasteiger partial charge >= 0.3 is 6.36 Å². The number of carbonyl (C=O) groups excluding carboxylic acids is 1. The van der Waals surface area contributed by atoms with Crippen molar-refractivity contribution in [2.45, 2.75) is 31.7 Å². The van der Waals surface area contributed by atoms with Gasteiger partial charge in [-0.1, -0.05) is 12.1 Å². The second-order valence-electron chi connectivity index (χ2n) is 4.59. The van der Waals surface area contributed by atoms with Crippen molar-refractivity contribution >= 4 is 5.78 Å². The first-order valence-electron chi connectivity index (χ1n) is 5.85. The van der Waals surface area contributed by atoms with Crippen molar-refractivity contribution in [1.82, 2.24) is 0 Å². The first-order chi connectivity index (χ1) is 8.80. The van der Waals surface area contributed by atoms with Gasteiger partial charge < -0.3 is 9.47 Å². The fraction of sp³-hybridized carbons (Fsp3) is 0.462. The molecular weight excluding hydrogens is 261 g/mol. The van der Waals surface area contributed by atoms with E-state index in [9.17, 15) is 18.0 Å². The molecule has 1 heterocycles. The topological polar surface area (TPSA) is 35.5 Å². The third-order valence-corrected chi connectivity index (χ3v) is 3.03. The van der Waals surface area contributed by atoms with E-state index in [1.54, 1.807) is 6.92 Å². The Morgan fingerprint density at radius 3 is 2.74 bits per heavy atom. The Morgan fingerprint density at radius 2 is 2.16 bits per heavy atom. The van der Waals surface area contributed by atoms with Crippen molar-refractivity contribution in [3.05, 3.63) is 29.8 Å². The summed E-state index contributed by atoms with van der Waals surface area (Å²) in [4.78, 5) is 12.2. The van der Waals surface area contributed by atoms with Crippen LogP contribution in [-0.2, 0) is 4.74 Å². The number of halogens is 3. The van der Waals surface area contributed by atoms with E-state index in [4.69, 9.17) is 4.74 Å². The quantitative estimate of drug-likeness (QED) is 0.793. The lowest BCUT2D eigenvalue weighted by Crippen LogP contribution is -2.34. The summed E-state index contributed by atoms with van der Waals surface area (Å²) in [5.74, 6) is -0.724. The molecule has 0 radical (unpaired) electrons. The highest BCUT2D eigenvalue weighted by atomic mass is 19.4. The Morgan fingerprint density at radius 1 is 1.42 bits per heavy atom. The van der Waals surface area contributed by atoms with Gasteiger partial charge in [0, 0.05) is 12.2 Å². The third kappa shape index (κ3) is 3.26. The van der Waals surface area contributed by atoms with Gasteiger partial charge in [-0.15, -0.1) is 13.2 Å². The number of benzene rings is 1. The molecule has 0 aromatic heterocycles. The Labute approximate surface area is 108 Å². The molecule has 1 aliphatic rings. The van der Waals surface area contributed by atoms with Crippen LogP contribution in [0.4, 0.5) is 13.2 Å². The van der Waals surface area contributed by atoms with Crippen molar-refractivity contribution in [3.8, 4) is 5.75 Å². The molecule has 1 saturated heterocycles. The van der Waals surface area contributed by atoms with Crippen LogP contribution in [0.2, 0.25) is 0 Å². The molecule has 0 saturated carbocycles. The molecule has 0 N–H and O–H groups in total. The van der Waals surface area contributed by atoms with E-state index in [0.29, 0.717) is 13.0 Å². The minimum atomic E-state index is -4.77. The second-order valence-corrected chi connectivity index (χ2v) is 4.59. The van der Waals surface area contributed by atoms with Crippen molar-refractivity contribution in [1.29, 1.82) is 0 Å². The number of ether oxygens (including phenoxy) is 2. The van der Waals surface area contributed by atoms with Crippen LogP contribution in [0.3, 0.4) is 0 Å². The van der Waals surface area contributed by atoms with E-state index in [2.05, 4.69) is 4.74 Å². The van der Waals surface area contributed by atoms with E-state index in [1.165, 1.54) is 12.1 Å². The highest BCUT2D eigenvalue weighted by molar-refractivity contribution is 6.02. The van der Waals surface area contributed by atoms with Crippen LogP contribution in [0.25, 0.3) is 0 Å².